The number of H-pyrrole nitrogens is 1. The summed E-state index contributed by atoms with van der Waals surface area (Å²) in [4.78, 5) is 5.13. The van der Waals surface area contributed by atoms with Crippen molar-refractivity contribution in [1.29, 1.82) is 0 Å². The molecule has 0 amide bonds. The minimum Gasteiger partial charge on any atom is -0.381 e. The fraction of sp³-hybridized carbons (Fsp3) is 0.333. The van der Waals surface area contributed by atoms with Crippen LogP contribution in [-0.2, 0) is 0 Å². The summed E-state index contributed by atoms with van der Waals surface area (Å²) >= 11 is 0. The third kappa shape index (κ3) is 1.45. The Bertz CT molecular complexity index is 333. The maximum absolute atomic E-state index is 3.88. The standard InChI is InChI=1S/C9H14N2/c1-7-9(5-6-10-7)8(2)11(3)4/h5-6,10H,1H2,2-4H3/b9-8+. The second-order valence-electron chi connectivity index (χ2n) is 2.85. The van der Waals surface area contributed by atoms with Crippen molar-refractivity contribution in [2.75, 3.05) is 14.1 Å². The summed E-state index contributed by atoms with van der Waals surface area (Å²) in [6, 6.07) is 2.04. The zero-order valence-corrected chi connectivity index (χ0v) is 7.31. The molecule has 1 rings (SSSR count). The molecular formula is C9H14N2. The number of rotatable bonds is 1. The van der Waals surface area contributed by atoms with Gasteiger partial charge < -0.3 is 9.88 Å². The highest BCUT2D eigenvalue weighted by atomic mass is 15.1. The van der Waals surface area contributed by atoms with E-state index in [-0.39, 0.29) is 0 Å². The molecule has 0 bridgehead atoms. The summed E-state index contributed by atoms with van der Waals surface area (Å²) < 4.78 is 0. The third-order valence-corrected chi connectivity index (χ3v) is 1.89. The van der Waals surface area contributed by atoms with Crippen molar-refractivity contribution in [1.82, 2.24) is 9.88 Å². The van der Waals surface area contributed by atoms with Crippen LogP contribution in [0.5, 0.6) is 0 Å². The van der Waals surface area contributed by atoms with Gasteiger partial charge in [-0.15, -0.1) is 0 Å². The molecule has 0 aliphatic carbocycles. The first kappa shape index (κ1) is 7.92. The van der Waals surface area contributed by atoms with E-state index in [2.05, 4.69) is 23.4 Å². The lowest BCUT2D eigenvalue weighted by Crippen LogP contribution is -2.27. The number of aromatic amines is 1. The fourth-order valence-electron chi connectivity index (χ4n) is 0.984. The van der Waals surface area contributed by atoms with E-state index >= 15 is 0 Å². The maximum atomic E-state index is 3.88. The monoisotopic (exact) mass is 150 g/mol. The lowest BCUT2D eigenvalue weighted by atomic mass is 10.3. The van der Waals surface area contributed by atoms with Gasteiger partial charge in [0.15, 0.2) is 0 Å². The minimum absolute atomic E-state index is 0.983. The van der Waals surface area contributed by atoms with Gasteiger partial charge in [-0.3, -0.25) is 0 Å². The molecule has 1 N–H and O–H groups in total. The van der Waals surface area contributed by atoms with Crippen molar-refractivity contribution in [3.63, 3.8) is 0 Å². The van der Waals surface area contributed by atoms with Crippen LogP contribution >= 0.6 is 0 Å². The van der Waals surface area contributed by atoms with E-state index in [0.717, 1.165) is 5.35 Å². The van der Waals surface area contributed by atoms with Gasteiger partial charge >= 0.3 is 0 Å². The van der Waals surface area contributed by atoms with Crippen LogP contribution in [-0.4, -0.2) is 24.0 Å². The summed E-state index contributed by atoms with van der Waals surface area (Å²) in [6.07, 6.45) is 1.91. The van der Waals surface area contributed by atoms with E-state index < -0.39 is 0 Å². The first-order valence-corrected chi connectivity index (χ1v) is 3.63. The Balaban J connectivity index is 3.38. The summed E-state index contributed by atoms with van der Waals surface area (Å²) in [5, 5.41) is 2.17. The number of aromatic nitrogens is 1. The molecule has 60 valence electrons. The van der Waals surface area contributed by atoms with Gasteiger partial charge in [0, 0.05) is 36.6 Å². The Kier molecular flexibility index (Phi) is 2.03. The molecule has 1 aromatic rings. The predicted molar refractivity (Wildman–Crippen MR) is 48.3 cm³/mol. The normalized spacial score (nSPS) is 13.0. The second-order valence-corrected chi connectivity index (χ2v) is 2.85. The molecule has 0 aliphatic heterocycles. The highest BCUT2D eigenvalue weighted by Gasteiger charge is 1.93. The average molecular weight is 150 g/mol. The van der Waals surface area contributed by atoms with Crippen LogP contribution in [0.25, 0.3) is 12.3 Å². The number of nitrogens with zero attached hydrogens (tertiary/aromatic N) is 1. The smallest absolute Gasteiger partial charge is 0.0398 e. The lowest BCUT2D eigenvalue weighted by molar-refractivity contribution is 0.581. The molecular weight excluding hydrogens is 136 g/mol. The molecule has 2 heteroatoms. The van der Waals surface area contributed by atoms with E-state index in [1.54, 1.807) is 0 Å². The molecule has 0 fully saturated rings. The Labute approximate surface area is 66.8 Å². The topological polar surface area (TPSA) is 19.0 Å². The highest BCUT2D eigenvalue weighted by Crippen LogP contribution is 1.91. The van der Waals surface area contributed by atoms with Crippen LogP contribution in [0.2, 0.25) is 0 Å². The van der Waals surface area contributed by atoms with Crippen molar-refractivity contribution >= 4 is 12.3 Å². The Hall–Kier alpha value is -1.18. The third-order valence-electron chi connectivity index (χ3n) is 1.89. The van der Waals surface area contributed by atoms with Crippen LogP contribution in [0, 0.1) is 0 Å². The molecule has 0 radical (unpaired) electrons. The molecule has 11 heavy (non-hydrogen) atoms. The highest BCUT2D eigenvalue weighted by molar-refractivity contribution is 5.38. The molecule has 0 saturated carbocycles. The molecule has 0 aliphatic rings. The molecule has 0 aromatic carbocycles. The van der Waals surface area contributed by atoms with E-state index in [1.807, 2.05) is 26.4 Å². The van der Waals surface area contributed by atoms with Gasteiger partial charge in [0.1, 0.15) is 0 Å². The first-order chi connectivity index (χ1) is 5.13. The van der Waals surface area contributed by atoms with Gasteiger partial charge in [-0.25, -0.2) is 0 Å². The summed E-state index contributed by atoms with van der Waals surface area (Å²) in [5.74, 6) is 0. The Morgan fingerprint density at radius 3 is 2.55 bits per heavy atom. The van der Waals surface area contributed by atoms with Crippen LogP contribution in [0.1, 0.15) is 6.92 Å². The zero-order chi connectivity index (χ0) is 8.43. The maximum Gasteiger partial charge on any atom is 0.0398 e. The summed E-state index contributed by atoms with van der Waals surface area (Å²) in [7, 11) is 4.06. The molecule has 0 unspecified atom stereocenters. The Morgan fingerprint density at radius 1 is 1.55 bits per heavy atom. The molecule has 2 nitrogen and oxygen atoms in total. The quantitative estimate of drug-likeness (QED) is 0.602. The lowest BCUT2D eigenvalue weighted by Gasteiger charge is -2.11. The predicted octanol–water partition coefficient (Wildman–Crippen LogP) is 0.115. The molecule has 0 spiro atoms. The van der Waals surface area contributed by atoms with Crippen molar-refractivity contribution in [3.8, 4) is 0 Å². The molecule has 0 saturated heterocycles. The molecule has 1 heterocycles. The number of hydrogen-bond donors (Lipinski definition) is 1. The molecule has 1 aromatic heterocycles. The summed E-state index contributed by atoms with van der Waals surface area (Å²) in [6.45, 7) is 5.96. The number of hydrogen-bond acceptors (Lipinski definition) is 1. The summed E-state index contributed by atoms with van der Waals surface area (Å²) in [5.41, 5.74) is 1.23. The van der Waals surface area contributed by atoms with Crippen molar-refractivity contribution in [2.45, 2.75) is 6.92 Å². The van der Waals surface area contributed by atoms with E-state index in [1.165, 1.54) is 10.9 Å². The Morgan fingerprint density at radius 2 is 2.18 bits per heavy atom. The van der Waals surface area contributed by atoms with Crippen LogP contribution in [0.4, 0.5) is 0 Å². The molecule has 0 atom stereocenters. The fourth-order valence-corrected chi connectivity index (χ4v) is 0.984. The SMILES string of the molecule is C=c1[nH]cc/c1=C(/C)N(C)C. The van der Waals surface area contributed by atoms with Gasteiger partial charge in [0.25, 0.3) is 0 Å². The van der Waals surface area contributed by atoms with E-state index in [0.29, 0.717) is 0 Å². The first-order valence-electron chi connectivity index (χ1n) is 3.63. The number of nitrogens with one attached hydrogen (secondary N) is 1. The average Bonchev–Trinajstić information content (AvgIpc) is 2.33. The van der Waals surface area contributed by atoms with Gasteiger partial charge in [-0.05, 0) is 13.0 Å². The zero-order valence-electron chi connectivity index (χ0n) is 7.31. The van der Waals surface area contributed by atoms with Gasteiger partial charge in [0.2, 0.25) is 0 Å². The van der Waals surface area contributed by atoms with Gasteiger partial charge in [-0.2, -0.15) is 0 Å². The van der Waals surface area contributed by atoms with E-state index in [9.17, 15) is 0 Å². The largest absolute Gasteiger partial charge is 0.381 e. The van der Waals surface area contributed by atoms with Gasteiger partial charge in [-0.1, -0.05) is 6.58 Å². The van der Waals surface area contributed by atoms with Crippen molar-refractivity contribution < 1.29 is 0 Å². The van der Waals surface area contributed by atoms with Crippen molar-refractivity contribution in [2.24, 2.45) is 0 Å². The van der Waals surface area contributed by atoms with Crippen LogP contribution < -0.4 is 10.6 Å². The van der Waals surface area contributed by atoms with Crippen molar-refractivity contribution in [3.05, 3.63) is 22.8 Å². The van der Waals surface area contributed by atoms with Crippen LogP contribution in [0.3, 0.4) is 0 Å². The second kappa shape index (κ2) is 2.82. The van der Waals surface area contributed by atoms with Gasteiger partial charge in [0.05, 0.1) is 0 Å². The van der Waals surface area contributed by atoms with E-state index in [4.69, 9.17) is 0 Å². The van der Waals surface area contributed by atoms with Crippen LogP contribution in [0.15, 0.2) is 12.3 Å². The minimum atomic E-state index is 0.983.